The quantitative estimate of drug-likeness (QED) is 0.510. The lowest BCUT2D eigenvalue weighted by molar-refractivity contribution is 0.0697. The zero-order valence-electron chi connectivity index (χ0n) is 17.4. The lowest BCUT2D eigenvalue weighted by atomic mass is 9.94. The van der Waals surface area contributed by atoms with E-state index in [9.17, 15) is 9.90 Å². The molecule has 0 saturated heterocycles. The molecule has 0 radical (unpaired) electrons. The average molecular weight is 389 g/mol. The van der Waals surface area contributed by atoms with E-state index in [4.69, 9.17) is 0 Å². The summed E-state index contributed by atoms with van der Waals surface area (Å²) in [4.78, 5) is 20.7. The monoisotopic (exact) mass is 388 g/mol. The zero-order valence-corrected chi connectivity index (χ0v) is 17.4. The number of benzene rings is 2. The molecule has 1 atom stereocenters. The fourth-order valence-corrected chi connectivity index (χ4v) is 3.40. The van der Waals surface area contributed by atoms with Crippen molar-refractivity contribution in [3.05, 3.63) is 71.5 Å². The van der Waals surface area contributed by atoms with Crippen LogP contribution in [0.1, 0.15) is 55.1 Å². The highest BCUT2D eigenvalue weighted by atomic mass is 16.4. The number of carboxylic acid groups (broad SMARTS) is 1. The normalized spacial score (nSPS) is 12.0. The highest BCUT2D eigenvalue weighted by Crippen LogP contribution is 2.29. The molecular weight excluding hydrogens is 360 g/mol. The van der Waals surface area contributed by atoms with Gasteiger partial charge in [-0.25, -0.2) is 14.8 Å². The van der Waals surface area contributed by atoms with E-state index in [2.05, 4.69) is 42.9 Å². The SMILES string of the molecule is CCCc1cnc(-c2ccc(C(=O)O)c(-c3ccc(CC(C)CC)cc3)c2)nc1. The minimum Gasteiger partial charge on any atom is -0.478 e. The smallest absolute Gasteiger partial charge is 0.336 e. The average Bonchev–Trinajstić information content (AvgIpc) is 2.74. The van der Waals surface area contributed by atoms with Crippen molar-refractivity contribution in [1.29, 1.82) is 0 Å². The largest absolute Gasteiger partial charge is 0.478 e. The van der Waals surface area contributed by atoms with E-state index in [1.165, 1.54) is 5.56 Å². The number of carbonyl (C=O) groups is 1. The Labute approximate surface area is 172 Å². The fourth-order valence-electron chi connectivity index (χ4n) is 3.40. The highest BCUT2D eigenvalue weighted by Gasteiger charge is 2.14. The predicted octanol–water partition coefficient (Wildman–Crippen LogP) is 6.05. The van der Waals surface area contributed by atoms with Crippen LogP contribution >= 0.6 is 0 Å². The number of nitrogens with zero attached hydrogens (tertiary/aromatic N) is 2. The Kier molecular flexibility index (Phi) is 6.76. The van der Waals surface area contributed by atoms with Crippen LogP contribution in [-0.2, 0) is 12.8 Å². The number of hydrogen-bond donors (Lipinski definition) is 1. The van der Waals surface area contributed by atoms with Gasteiger partial charge in [0, 0.05) is 18.0 Å². The number of hydrogen-bond acceptors (Lipinski definition) is 3. The Morgan fingerprint density at radius 3 is 2.21 bits per heavy atom. The number of aryl methyl sites for hydroxylation is 1. The maximum Gasteiger partial charge on any atom is 0.336 e. The fraction of sp³-hybridized carbons (Fsp3) is 0.320. The first-order valence-electron chi connectivity index (χ1n) is 10.3. The van der Waals surface area contributed by atoms with E-state index in [-0.39, 0.29) is 5.56 Å². The molecule has 3 aromatic rings. The molecular formula is C25H28N2O2. The van der Waals surface area contributed by atoms with E-state index >= 15 is 0 Å². The summed E-state index contributed by atoms with van der Waals surface area (Å²) >= 11 is 0. The van der Waals surface area contributed by atoms with Gasteiger partial charge >= 0.3 is 5.97 Å². The maximum atomic E-state index is 11.8. The summed E-state index contributed by atoms with van der Waals surface area (Å²) in [6.07, 6.45) is 7.87. The molecule has 3 rings (SSSR count). The van der Waals surface area contributed by atoms with Crippen molar-refractivity contribution in [2.45, 2.75) is 46.5 Å². The summed E-state index contributed by atoms with van der Waals surface area (Å²) in [6.45, 7) is 6.56. The minimum absolute atomic E-state index is 0.283. The molecule has 1 unspecified atom stereocenters. The Morgan fingerprint density at radius 2 is 1.62 bits per heavy atom. The van der Waals surface area contributed by atoms with Gasteiger partial charge in [0.1, 0.15) is 0 Å². The standard InChI is InChI=1S/C25H28N2O2/c1-4-6-19-15-26-24(27-16-19)21-11-12-22(25(28)29)23(14-21)20-9-7-18(8-10-20)13-17(3)5-2/h7-12,14-17H,4-6,13H2,1-3H3,(H,28,29). The van der Waals surface area contributed by atoms with Crippen LogP contribution in [0.15, 0.2) is 54.9 Å². The number of carboxylic acids is 1. The zero-order chi connectivity index (χ0) is 20.8. The van der Waals surface area contributed by atoms with Gasteiger partial charge < -0.3 is 5.11 Å². The first-order valence-corrected chi connectivity index (χ1v) is 10.3. The van der Waals surface area contributed by atoms with Crippen molar-refractivity contribution >= 4 is 5.97 Å². The van der Waals surface area contributed by atoms with Gasteiger partial charge in [-0.1, -0.05) is 63.9 Å². The molecule has 0 saturated carbocycles. The predicted molar refractivity (Wildman–Crippen MR) is 117 cm³/mol. The summed E-state index contributed by atoms with van der Waals surface area (Å²) in [5, 5.41) is 9.66. The van der Waals surface area contributed by atoms with Crippen LogP contribution in [0.3, 0.4) is 0 Å². The van der Waals surface area contributed by atoms with Crippen molar-refractivity contribution in [3.63, 3.8) is 0 Å². The van der Waals surface area contributed by atoms with Crippen LogP contribution in [0.2, 0.25) is 0 Å². The van der Waals surface area contributed by atoms with Gasteiger partial charge in [-0.3, -0.25) is 0 Å². The molecule has 0 spiro atoms. The topological polar surface area (TPSA) is 63.1 Å². The molecule has 1 heterocycles. The molecule has 4 heteroatoms. The van der Waals surface area contributed by atoms with Crippen LogP contribution in [-0.4, -0.2) is 21.0 Å². The van der Waals surface area contributed by atoms with Crippen LogP contribution < -0.4 is 0 Å². The number of aromatic nitrogens is 2. The molecule has 1 aromatic heterocycles. The summed E-state index contributed by atoms with van der Waals surface area (Å²) in [5.74, 6) is 0.303. The molecule has 2 aromatic carbocycles. The molecule has 0 aliphatic rings. The molecule has 4 nitrogen and oxygen atoms in total. The van der Waals surface area contributed by atoms with E-state index in [0.29, 0.717) is 17.3 Å². The second kappa shape index (κ2) is 9.46. The molecule has 150 valence electrons. The summed E-state index contributed by atoms with van der Waals surface area (Å²) < 4.78 is 0. The van der Waals surface area contributed by atoms with Gasteiger partial charge in [0.05, 0.1) is 5.56 Å². The van der Waals surface area contributed by atoms with Gasteiger partial charge in [-0.15, -0.1) is 0 Å². The van der Waals surface area contributed by atoms with Crippen molar-refractivity contribution in [2.24, 2.45) is 5.92 Å². The van der Waals surface area contributed by atoms with Gasteiger partial charge in [0.25, 0.3) is 0 Å². The van der Waals surface area contributed by atoms with Crippen LogP contribution in [0.25, 0.3) is 22.5 Å². The van der Waals surface area contributed by atoms with E-state index in [1.807, 2.05) is 30.6 Å². The van der Waals surface area contributed by atoms with Crippen LogP contribution in [0.5, 0.6) is 0 Å². The van der Waals surface area contributed by atoms with E-state index in [0.717, 1.165) is 42.4 Å². The Hall–Kier alpha value is -3.01. The van der Waals surface area contributed by atoms with Gasteiger partial charge in [0.2, 0.25) is 0 Å². The first-order chi connectivity index (χ1) is 14.0. The van der Waals surface area contributed by atoms with Crippen molar-refractivity contribution in [3.8, 4) is 22.5 Å². The van der Waals surface area contributed by atoms with Crippen molar-refractivity contribution in [1.82, 2.24) is 9.97 Å². The molecule has 1 N–H and O–H groups in total. The molecule has 0 bridgehead atoms. The Morgan fingerprint density at radius 1 is 0.966 bits per heavy atom. The van der Waals surface area contributed by atoms with Crippen LogP contribution in [0, 0.1) is 5.92 Å². The minimum atomic E-state index is -0.936. The van der Waals surface area contributed by atoms with Gasteiger partial charge in [0.15, 0.2) is 5.82 Å². The molecule has 0 amide bonds. The first kappa shape index (κ1) is 20.7. The van der Waals surface area contributed by atoms with E-state index < -0.39 is 5.97 Å². The Bertz CT molecular complexity index is 963. The molecule has 0 fully saturated rings. The van der Waals surface area contributed by atoms with Crippen molar-refractivity contribution < 1.29 is 9.90 Å². The van der Waals surface area contributed by atoms with Gasteiger partial charge in [-0.05, 0) is 53.1 Å². The third kappa shape index (κ3) is 5.08. The third-order valence-corrected chi connectivity index (χ3v) is 5.30. The summed E-state index contributed by atoms with van der Waals surface area (Å²) in [7, 11) is 0. The second-order valence-corrected chi connectivity index (χ2v) is 7.64. The number of rotatable bonds is 8. The lowest BCUT2D eigenvalue weighted by Gasteiger charge is -2.12. The maximum absolute atomic E-state index is 11.8. The van der Waals surface area contributed by atoms with Crippen LogP contribution in [0.4, 0.5) is 0 Å². The summed E-state index contributed by atoms with van der Waals surface area (Å²) in [5.41, 5.74) is 5.05. The third-order valence-electron chi connectivity index (χ3n) is 5.30. The molecule has 0 aliphatic heterocycles. The molecule has 29 heavy (non-hydrogen) atoms. The summed E-state index contributed by atoms with van der Waals surface area (Å²) in [6, 6.07) is 13.5. The van der Waals surface area contributed by atoms with Gasteiger partial charge in [-0.2, -0.15) is 0 Å². The second-order valence-electron chi connectivity index (χ2n) is 7.64. The molecule has 0 aliphatic carbocycles. The van der Waals surface area contributed by atoms with Crippen molar-refractivity contribution in [2.75, 3.05) is 0 Å². The lowest BCUT2D eigenvalue weighted by Crippen LogP contribution is -2.01. The number of aromatic carboxylic acids is 1. The Balaban J connectivity index is 1.96. The highest BCUT2D eigenvalue weighted by molar-refractivity contribution is 5.97. The van der Waals surface area contributed by atoms with E-state index in [1.54, 1.807) is 12.1 Å².